The number of fused-ring (bicyclic) bond motifs is 1. The molecule has 0 bridgehead atoms. The first kappa shape index (κ1) is 18.9. The number of aromatic nitrogens is 1. The minimum Gasteiger partial charge on any atom is -0.444 e. The molecule has 1 atom stereocenters. The average Bonchev–Trinajstić information content (AvgIpc) is 3.17. The van der Waals surface area contributed by atoms with Gasteiger partial charge in [-0.2, -0.15) is 0 Å². The highest BCUT2D eigenvalue weighted by Gasteiger charge is 2.29. The van der Waals surface area contributed by atoms with Crippen molar-refractivity contribution < 1.29 is 14.5 Å². The number of thiazole rings is 1. The lowest BCUT2D eigenvalue weighted by molar-refractivity contribution is -0.384. The van der Waals surface area contributed by atoms with Gasteiger partial charge in [-0.15, -0.1) is 11.3 Å². The summed E-state index contributed by atoms with van der Waals surface area (Å²) in [5.41, 5.74) is 0.240. The van der Waals surface area contributed by atoms with Crippen molar-refractivity contribution in [1.29, 1.82) is 0 Å². The van der Waals surface area contributed by atoms with E-state index < -0.39 is 10.5 Å². The number of benzene rings is 1. The number of carbonyl (C=O) groups excluding carboxylic acids is 1. The zero-order chi connectivity index (χ0) is 18.9. The summed E-state index contributed by atoms with van der Waals surface area (Å²) >= 11 is 3.18. The van der Waals surface area contributed by atoms with Gasteiger partial charge < -0.3 is 9.64 Å². The van der Waals surface area contributed by atoms with Gasteiger partial charge in [-0.3, -0.25) is 10.1 Å². The molecule has 1 saturated heterocycles. The van der Waals surface area contributed by atoms with Crippen molar-refractivity contribution in [2.75, 3.05) is 18.8 Å². The van der Waals surface area contributed by atoms with Crippen LogP contribution in [-0.4, -0.2) is 45.3 Å². The van der Waals surface area contributed by atoms with Gasteiger partial charge in [0.2, 0.25) is 0 Å². The number of nitro groups is 1. The molecular formula is C17H21N3O4S2. The molecule has 0 N–H and O–H groups in total. The molecule has 7 nitrogen and oxygen atoms in total. The number of hydrogen-bond donors (Lipinski definition) is 0. The van der Waals surface area contributed by atoms with Crippen LogP contribution in [0.1, 0.15) is 27.2 Å². The third-order valence-corrected chi connectivity index (χ3v) is 6.35. The van der Waals surface area contributed by atoms with E-state index in [0.717, 1.165) is 21.2 Å². The lowest BCUT2D eigenvalue weighted by Gasteiger charge is -2.24. The van der Waals surface area contributed by atoms with E-state index in [1.807, 2.05) is 20.8 Å². The first-order chi connectivity index (χ1) is 12.2. The Labute approximate surface area is 159 Å². The van der Waals surface area contributed by atoms with Crippen molar-refractivity contribution >= 4 is 45.1 Å². The van der Waals surface area contributed by atoms with Crippen LogP contribution in [0.4, 0.5) is 10.5 Å². The maximum absolute atomic E-state index is 12.1. The Kier molecular flexibility index (Phi) is 5.38. The van der Waals surface area contributed by atoms with Gasteiger partial charge in [0.1, 0.15) is 5.60 Å². The van der Waals surface area contributed by atoms with Crippen LogP contribution < -0.4 is 0 Å². The predicted molar refractivity (Wildman–Crippen MR) is 103 cm³/mol. The highest BCUT2D eigenvalue weighted by atomic mass is 32.2. The molecule has 0 saturated carbocycles. The fourth-order valence-electron chi connectivity index (χ4n) is 2.72. The first-order valence-corrected chi connectivity index (χ1v) is 10.2. The number of non-ortho nitro benzene ring substituents is 1. The van der Waals surface area contributed by atoms with Crippen molar-refractivity contribution in [3.05, 3.63) is 28.3 Å². The Bertz CT molecular complexity index is 831. The number of likely N-dealkylation sites (tertiary alicyclic amines) is 1. The van der Waals surface area contributed by atoms with Gasteiger partial charge in [0.15, 0.2) is 4.34 Å². The minimum absolute atomic E-state index is 0.0585. The van der Waals surface area contributed by atoms with Crippen molar-refractivity contribution in [3.63, 3.8) is 0 Å². The third kappa shape index (κ3) is 4.64. The van der Waals surface area contributed by atoms with Crippen molar-refractivity contribution in [2.24, 2.45) is 5.92 Å². The Balaban J connectivity index is 1.56. The van der Waals surface area contributed by atoms with Gasteiger partial charge in [0.05, 0.1) is 15.1 Å². The summed E-state index contributed by atoms with van der Waals surface area (Å²) in [7, 11) is 0. The van der Waals surface area contributed by atoms with Crippen LogP contribution >= 0.6 is 23.1 Å². The Morgan fingerprint density at radius 3 is 2.96 bits per heavy atom. The lowest BCUT2D eigenvalue weighted by Crippen LogP contribution is -2.35. The van der Waals surface area contributed by atoms with Crippen LogP contribution in [0.2, 0.25) is 0 Å². The largest absolute Gasteiger partial charge is 0.444 e. The van der Waals surface area contributed by atoms with Crippen LogP contribution in [0, 0.1) is 16.0 Å². The number of nitrogens with zero attached hydrogens (tertiary/aromatic N) is 3. The standard InChI is InChI=1S/C17H21N3O4S2/c1-17(2,3)24-16(21)19-7-6-11(9-19)10-25-15-18-13-8-12(20(22)23)4-5-14(13)26-15/h4-5,8,11H,6-7,9-10H2,1-3H3. The summed E-state index contributed by atoms with van der Waals surface area (Å²) in [5.74, 6) is 1.26. The second kappa shape index (κ2) is 7.40. The van der Waals surface area contributed by atoms with Crippen LogP contribution in [0.3, 0.4) is 0 Å². The van der Waals surface area contributed by atoms with E-state index in [1.54, 1.807) is 34.1 Å². The van der Waals surface area contributed by atoms with Crippen LogP contribution in [0.25, 0.3) is 10.2 Å². The van der Waals surface area contributed by atoms with Crippen LogP contribution in [0.15, 0.2) is 22.5 Å². The summed E-state index contributed by atoms with van der Waals surface area (Å²) in [4.78, 5) is 28.8. The summed E-state index contributed by atoms with van der Waals surface area (Å²) in [6.07, 6.45) is 0.695. The SMILES string of the molecule is CC(C)(C)OC(=O)N1CCC(CSc2nc3cc([N+](=O)[O-])ccc3s2)C1. The molecule has 2 heterocycles. The van der Waals surface area contributed by atoms with Crippen molar-refractivity contribution in [3.8, 4) is 0 Å². The molecule has 1 fully saturated rings. The summed E-state index contributed by atoms with van der Waals surface area (Å²) < 4.78 is 7.26. The first-order valence-electron chi connectivity index (χ1n) is 8.37. The fraction of sp³-hybridized carbons (Fsp3) is 0.529. The van der Waals surface area contributed by atoms with E-state index in [2.05, 4.69) is 4.98 Å². The summed E-state index contributed by atoms with van der Waals surface area (Å²) in [5, 5.41) is 10.9. The van der Waals surface area contributed by atoms with Gasteiger partial charge in [0, 0.05) is 31.0 Å². The van der Waals surface area contributed by atoms with E-state index in [9.17, 15) is 14.9 Å². The molecule has 1 aliphatic heterocycles. The highest BCUT2D eigenvalue weighted by Crippen LogP contribution is 2.34. The predicted octanol–water partition coefficient (Wildman–Crippen LogP) is 4.55. The van der Waals surface area contributed by atoms with E-state index in [4.69, 9.17) is 4.74 Å². The molecular weight excluding hydrogens is 374 g/mol. The molecule has 1 aromatic carbocycles. The van der Waals surface area contributed by atoms with Gasteiger partial charge in [-0.25, -0.2) is 9.78 Å². The summed E-state index contributed by atoms with van der Waals surface area (Å²) in [6, 6.07) is 4.76. The van der Waals surface area contributed by atoms with Gasteiger partial charge in [-0.1, -0.05) is 11.8 Å². The summed E-state index contributed by atoms with van der Waals surface area (Å²) in [6.45, 7) is 7.01. The average molecular weight is 396 g/mol. The Morgan fingerprint density at radius 1 is 1.50 bits per heavy atom. The smallest absolute Gasteiger partial charge is 0.410 e. The van der Waals surface area contributed by atoms with Crippen LogP contribution in [0.5, 0.6) is 0 Å². The quantitative estimate of drug-likeness (QED) is 0.429. The van der Waals surface area contributed by atoms with Gasteiger partial charge in [0.25, 0.3) is 5.69 Å². The molecule has 9 heteroatoms. The number of nitro benzene ring substituents is 1. The maximum Gasteiger partial charge on any atom is 0.410 e. The monoisotopic (exact) mass is 395 g/mol. The molecule has 1 amide bonds. The molecule has 0 aliphatic carbocycles. The zero-order valence-electron chi connectivity index (χ0n) is 14.9. The van der Waals surface area contributed by atoms with E-state index in [1.165, 1.54) is 12.1 Å². The minimum atomic E-state index is -0.479. The molecule has 1 unspecified atom stereocenters. The molecule has 0 radical (unpaired) electrons. The fourth-order valence-corrected chi connectivity index (χ4v) is 4.92. The molecule has 1 aromatic heterocycles. The second-order valence-electron chi connectivity index (χ2n) is 7.28. The zero-order valence-corrected chi connectivity index (χ0v) is 16.6. The number of rotatable bonds is 4. The maximum atomic E-state index is 12.1. The molecule has 1 aliphatic rings. The molecule has 140 valence electrons. The highest BCUT2D eigenvalue weighted by molar-refractivity contribution is 8.01. The normalized spacial score (nSPS) is 17.7. The number of ether oxygens (including phenoxy) is 1. The Hall–Kier alpha value is -1.87. The lowest BCUT2D eigenvalue weighted by atomic mass is 10.2. The molecule has 0 spiro atoms. The number of carbonyl (C=O) groups is 1. The number of hydrogen-bond acceptors (Lipinski definition) is 7. The second-order valence-corrected chi connectivity index (χ2v) is 9.58. The number of amides is 1. The molecule has 3 rings (SSSR count). The van der Waals surface area contributed by atoms with E-state index >= 15 is 0 Å². The topological polar surface area (TPSA) is 85.6 Å². The molecule has 2 aromatic rings. The molecule has 26 heavy (non-hydrogen) atoms. The van der Waals surface area contributed by atoms with Crippen molar-refractivity contribution in [2.45, 2.75) is 37.1 Å². The van der Waals surface area contributed by atoms with Gasteiger partial charge in [-0.05, 0) is 39.2 Å². The van der Waals surface area contributed by atoms with E-state index in [0.29, 0.717) is 24.5 Å². The van der Waals surface area contributed by atoms with Crippen molar-refractivity contribution in [1.82, 2.24) is 9.88 Å². The van der Waals surface area contributed by atoms with Gasteiger partial charge >= 0.3 is 6.09 Å². The third-order valence-electron chi connectivity index (χ3n) is 3.94. The van der Waals surface area contributed by atoms with Crippen LogP contribution in [-0.2, 0) is 4.74 Å². The Morgan fingerprint density at radius 2 is 2.27 bits per heavy atom. The van der Waals surface area contributed by atoms with E-state index in [-0.39, 0.29) is 11.8 Å². The number of thioether (sulfide) groups is 1.